The van der Waals surface area contributed by atoms with Crippen LogP contribution in [0.25, 0.3) is 0 Å². The second kappa shape index (κ2) is 12.7. The van der Waals surface area contributed by atoms with E-state index in [9.17, 15) is 19.5 Å². The first kappa shape index (κ1) is 32.1. The number of halogens is 1. The number of aryl methyl sites for hydroxylation is 1. The number of aliphatic hydroxyl groups is 1. The second-order valence-corrected chi connectivity index (χ2v) is 17.0. The van der Waals surface area contributed by atoms with E-state index < -0.39 is 20.0 Å². The third kappa shape index (κ3) is 5.78. The summed E-state index contributed by atoms with van der Waals surface area (Å²) in [6, 6.07) is 22.4. The normalized spacial score (nSPS) is 22.4. The zero-order chi connectivity index (χ0) is 32.6. The largest absolute Gasteiger partial charge is 0.432 e. The Bertz CT molecular complexity index is 1710. The van der Waals surface area contributed by atoms with E-state index >= 15 is 0 Å². The molecule has 2 N–H and O–H groups in total. The van der Waals surface area contributed by atoms with Crippen LogP contribution in [-0.4, -0.2) is 58.2 Å². The van der Waals surface area contributed by atoms with E-state index in [-0.39, 0.29) is 24.0 Å². The molecule has 0 unspecified atom stereocenters. The van der Waals surface area contributed by atoms with Gasteiger partial charge in [-0.1, -0.05) is 54.1 Å². The van der Waals surface area contributed by atoms with Gasteiger partial charge in [-0.25, -0.2) is 0 Å². The maximum atomic E-state index is 14.7. The van der Waals surface area contributed by atoms with E-state index in [4.69, 9.17) is 16.3 Å². The average Bonchev–Trinajstić information content (AvgIpc) is 3.68. The number of carbonyl (C=O) groups is 2. The molecule has 0 saturated carbocycles. The monoisotopic (exact) mass is 659 g/mol. The Labute approximate surface area is 274 Å². The summed E-state index contributed by atoms with van der Waals surface area (Å²) in [6.07, 6.45) is 3.13. The number of aromatic nitrogens is 3. The van der Waals surface area contributed by atoms with Crippen molar-refractivity contribution < 1.29 is 24.2 Å². The summed E-state index contributed by atoms with van der Waals surface area (Å²) in [5, 5.41) is 18.1. The Morgan fingerprint density at radius 2 is 1.80 bits per heavy atom. The minimum absolute atomic E-state index is 0.00750. The van der Waals surface area contributed by atoms with Gasteiger partial charge in [-0.3, -0.25) is 19.2 Å². The lowest BCUT2D eigenvalue weighted by molar-refractivity contribution is -0.146. The van der Waals surface area contributed by atoms with E-state index in [1.54, 1.807) is 26.7 Å². The Hall–Kier alpha value is -3.87. The highest BCUT2D eigenvalue weighted by Crippen LogP contribution is 2.60. The lowest BCUT2D eigenvalue weighted by atomic mass is 9.82. The minimum Gasteiger partial charge on any atom is -0.432 e. The smallest absolute Gasteiger partial charge is 0.264 e. The molecule has 1 spiro atoms. The number of fused-ring (bicyclic) bond motifs is 2. The third-order valence-corrected chi connectivity index (χ3v) is 12.0. The van der Waals surface area contributed by atoms with Crippen molar-refractivity contribution in [1.82, 2.24) is 15.0 Å². The first-order valence-electron chi connectivity index (χ1n) is 15.5. The molecule has 1 saturated heterocycles. The Kier molecular flexibility index (Phi) is 8.88. The van der Waals surface area contributed by atoms with Crippen LogP contribution in [0, 0.1) is 5.92 Å². The van der Waals surface area contributed by atoms with Crippen LogP contribution in [0.4, 0.5) is 17.1 Å². The number of ether oxygens (including phenoxy) is 1. The summed E-state index contributed by atoms with van der Waals surface area (Å²) in [6.45, 7) is 6.57. The number of para-hydroxylation sites is 1. The topological polar surface area (TPSA) is 121 Å². The molecule has 2 amide bonds. The van der Waals surface area contributed by atoms with Gasteiger partial charge in [0.2, 0.25) is 6.41 Å². The van der Waals surface area contributed by atoms with Crippen molar-refractivity contribution in [1.29, 1.82) is 0 Å². The minimum atomic E-state index is -2.84. The van der Waals surface area contributed by atoms with Gasteiger partial charge in [0, 0.05) is 59.2 Å². The molecule has 3 heterocycles. The Morgan fingerprint density at radius 3 is 2.48 bits per heavy atom. The third-order valence-electron chi connectivity index (χ3n) is 9.24. The predicted octanol–water partition coefficient (Wildman–Crippen LogP) is 5.20. The first-order chi connectivity index (χ1) is 22.1. The van der Waals surface area contributed by atoms with Crippen molar-refractivity contribution in [3.63, 3.8) is 0 Å². The summed E-state index contributed by atoms with van der Waals surface area (Å²) in [5.74, 6) is -0.508. The lowest BCUT2D eigenvalue weighted by Gasteiger charge is -2.32. The van der Waals surface area contributed by atoms with Crippen molar-refractivity contribution in [3.8, 4) is 0 Å². The van der Waals surface area contributed by atoms with Crippen LogP contribution in [0.15, 0.2) is 79.0 Å². The number of nitrogens with zero attached hydrogens (tertiary/aromatic N) is 5. The van der Waals surface area contributed by atoms with Crippen molar-refractivity contribution >= 4 is 49.3 Å². The number of aliphatic hydroxyl groups excluding tert-OH is 1. The molecule has 240 valence electrons. The van der Waals surface area contributed by atoms with Gasteiger partial charge >= 0.3 is 0 Å². The molecule has 2 aliphatic rings. The highest BCUT2D eigenvalue weighted by atomic mass is 35.5. The molecular weight excluding hydrogens is 622 g/mol. The Morgan fingerprint density at radius 1 is 1.09 bits per heavy atom. The molecule has 10 nitrogen and oxygen atoms in total. The van der Waals surface area contributed by atoms with Crippen LogP contribution in [0.1, 0.15) is 30.2 Å². The zero-order valence-electron chi connectivity index (χ0n) is 26.1. The molecule has 0 radical (unpaired) electrons. The number of amides is 2. The number of anilines is 3. The maximum Gasteiger partial charge on any atom is 0.264 e. The summed E-state index contributed by atoms with van der Waals surface area (Å²) in [4.78, 5) is 41.5. The maximum absolute atomic E-state index is 14.7. The molecule has 46 heavy (non-hydrogen) atoms. The van der Waals surface area contributed by atoms with Crippen molar-refractivity contribution in [2.45, 2.75) is 63.2 Å². The summed E-state index contributed by atoms with van der Waals surface area (Å²) >= 11 is 6.54. The highest BCUT2D eigenvalue weighted by Gasteiger charge is 2.66. The van der Waals surface area contributed by atoms with E-state index in [0.717, 1.165) is 23.3 Å². The number of hydrogen-bond acceptors (Lipinski definition) is 7. The van der Waals surface area contributed by atoms with Gasteiger partial charge in [-0.05, 0) is 67.5 Å². The molecular formula is C34H38ClN5O5Si. The quantitative estimate of drug-likeness (QED) is 0.168. The molecule has 0 aliphatic carbocycles. The molecule has 0 bridgehead atoms. The van der Waals surface area contributed by atoms with Crippen LogP contribution < -0.4 is 9.80 Å². The van der Waals surface area contributed by atoms with Gasteiger partial charge in [0.05, 0.1) is 24.0 Å². The van der Waals surface area contributed by atoms with Gasteiger partial charge in [0.1, 0.15) is 0 Å². The molecule has 2 aliphatic heterocycles. The van der Waals surface area contributed by atoms with Crippen molar-refractivity contribution in [2.75, 3.05) is 16.4 Å². The molecule has 3 aromatic carbocycles. The van der Waals surface area contributed by atoms with Gasteiger partial charge < -0.3 is 19.5 Å². The first-order valence-corrected chi connectivity index (χ1v) is 18.9. The molecule has 4 atom stereocenters. The summed E-state index contributed by atoms with van der Waals surface area (Å²) in [5.41, 5.74) is 2.94. The molecule has 6 rings (SSSR count). The highest BCUT2D eigenvalue weighted by molar-refractivity contribution is 6.71. The predicted molar refractivity (Wildman–Crippen MR) is 178 cm³/mol. The van der Waals surface area contributed by atoms with Gasteiger partial charge in [0.15, 0.2) is 13.9 Å². The number of benzene rings is 3. The average molecular weight is 660 g/mol. The van der Waals surface area contributed by atoms with Crippen LogP contribution in [-0.2, 0) is 39.4 Å². The molecule has 1 fully saturated rings. The van der Waals surface area contributed by atoms with Crippen molar-refractivity contribution in [3.05, 3.63) is 101 Å². The van der Waals surface area contributed by atoms with Crippen molar-refractivity contribution in [2.24, 2.45) is 5.92 Å². The molecule has 4 aromatic rings. The number of rotatable bonds is 11. The summed E-state index contributed by atoms with van der Waals surface area (Å²) in [7, 11) is -2.84. The van der Waals surface area contributed by atoms with E-state index in [0.29, 0.717) is 47.9 Å². The van der Waals surface area contributed by atoms with E-state index in [1.807, 2.05) is 86.7 Å². The van der Waals surface area contributed by atoms with Gasteiger partial charge in [-0.15, -0.1) is 5.10 Å². The van der Waals surface area contributed by atoms with E-state index in [2.05, 4.69) is 10.3 Å². The molecule has 1 aromatic heterocycles. The lowest BCUT2D eigenvalue weighted by Crippen LogP contribution is -2.46. The van der Waals surface area contributed by atoms with Gasteiger partial charge in [0.25, 0.3) is 5.91 Å². The standard InChI is InChI=1S/C34H38ClN5O5Si/c1-23-32(46(2,3)44)31(15-17-38-21-26(16-18-41)36-37-38)45-34(23)29-19-25(35)11-14-30(29)39(33(34)43)20-24-9-12-28(13-10-24)40(22-42)27-7-5-4-6-8-27/h4-14,19,21-23,31-32,41,44H,15-18,20H2,1-3H3/t23-,31+,32-,34+/m1/s1. The number of hydrogen-bond donors (Lipinski definition) is 2. The SMILES string of the molecule is C[C@@H]1[C@@H]([Si](C)(C)O)[C@H](CCn2cc(CCO)nn2)O[C@@]12C(=O)N(Cc1ccc(N(C=O)c3ccccc3)cc1)c1ccc(Cl)cc12. The van der Waals surface area contributed by atoms with Crippen LogP contribution in [0.5, 0.6) is 0 Å². The Balaban J connectivity index is 1.30. The van der Waals surface area contributed by atoms with Crippen LogP contribution in [0.2, 0.25) is 23.7 Å². The fourth-order valence-electron chi connectivity index (χ4n) is 7.22. The molecule has 12 heteroatoms. The van der Waals surface area contributed by atoms with E-state index in [1.165, 1.54) is 0 Å². The fourth-order valence-corrected chi connectivity index (χ4v) is 9.99. The fraction of sp³-hybridized carbons (Fsp3) is 0.353. The van der Waals surface area contributed by atoms with Crippen LogP contribution >= 0.6 is 11.6 Å². The number of carbonyl (C=O) groups excluding carboxylic acids is 2. The van der Waals surface area contributed by atoms with Gasteiger partial charge in [-0.2, -0.15) is 0 Å². The van der Waals surface area contributed by atoms with Crippen LogP contribution in [0.3, 0.4) is 0 Å². The zero-order valence-corrected chi connectivity index (χ0v) is 27.8. The second-order valence-electron chi connectivity index (χ2n) is 12.6. The summed E-state index contributed by atoms with van der Waals surface area (Å²) < 4.78 is 8.61.